The summed E-state index contributed by atoms with van der Waals surface area (Å²) in [4.78, 5) is 2.50. The number of rotatable bonds is 7. The first-order valence-corrected chi connectivity index (χ1v) is 21.7. The Kier molecular flexibility index (Phi) is 8.39. The molecule has 0 atom stereocenters. The molecule has 61 heavy (non-hydrogen) atoms. The third-order valence-corrected chi connectivity index (χ3v) is 13.4. The lowest BCUT2D eigenvalue weighted by Crippen LogP contribution is -2.12. The Balaban J connectivity index is 1.12. The van der Waals surface area contributed by atoms with E-state index in [1.54, 1.807) is 0 Å². The Labute approximate surface area is 358 Å². The highest BCUT2D eigenvalue weighted by atomic mass is 32.1. The van der Waals surface area contributed by atoms with Gasteiger partial charge in [-0.3, -0.25) is 0 Å². The SMILES string of the molecule is c1ccc(-c2cccc3cccc(-c4cccc(N(c5ccccc5-c5ccccc5-n5c6ccccc6c6ccccc65)c5cccc6c5sc5ccccc56)c4)c23)cc1. The molecule has 0 aliphatic carbocycles. The smallest absolute Gasteiger partial charge is 0.0640 e. The van der Waals surface area contributed by atoms with Crippen LogP contribution >= 0.6 is 11.3 Å². The Morgan fingerprint density at radius 1 is 0.361 bits per heavy atom. The number of fused-ring (bicyclic) bond motifs is 7. The predicted octanol–water partition coefficient (Wildman–Crippen LogP) is 16.8. The van der Waals surface area contributed by atoms with Crippen LogP contribution in [0.3, 0.4) is 0 Å². The molecule has 0 N–H and O–H groups in total. The van der Waals surface area contributed by atoms with Crippen LogP contribution in [0.5, 0.6) is 0 Å². The minimum absolute atomic E-state index is 1.10. The topological polar surface area (TPSA) is 8.17 Å². The third-order valence-electron chi connectivity index (χ3n) is 12.2. The van der Waals surface area contributed by atoms with Gasteiger partial charge in [0.05, 0.1) is 32.8 Å². The van der Waals surface area contributed by atoms with E-state index in [4.69, 9.17) is 0 Å². The van der Waals surface area contributed by atoms with Crippen molar-refractivity contribution in [3.63, 3.8) is 0 Å². The fraction of sp³-hybridized carbons (Fsp3) is 0. The van der Waals surface area contributed by atoms with Crippen molar-refractivity contribution in [2.24, 2.45) is 0 Å². The summed E-state index contributed by atoms with van der Waals surface area (Å²) in [6.45, 7) is 0. The van der Waals surface area contributed by atoms with E-state index in [0.717, 1.165) is 33.9 Å². The number of aromatic nitrogens is 1. The number of anilines is 3. The number of hydrogen-bond acceptors (Lipinski definition) is 2. The average molecular weight is 795 g/mol. The van der Waals surface area contributed by atoms with Gasteiger partial charge in [0.25, 0.3) is 0 Å². The lowest BCUT2D eigenvalue weighted by Gasteiger charge is -2.29. The summed E-state index contributed by atoms with van der Waals surface area (Å²) in [5.74, 6) is 0. The molecule has 0 amide bonds. The molecule has 12 rings (SSSR count). The van der Waals surface area contributed by atoms with E-state index in [0.29, 0.717) is 0 Å². The van der Waals surface area contributed by atoms with Crippen LogP contribution in [-0.4, -0.2) is 4.57 Å². The van der Waals surface area contributed by atoms with Crippen molar-refractivity contribution < 1.29 is 0 Å². The monoisotopic (exact) mass is 794 g/mol. The van der Waals surface area contributed by atoms with Crippen LogP contribution in [0.4, 0.5) is 17.1 Å². The van der Waals surface area contributed by atoms with E-state index in [9.17, 15) is 0 Å². The Morgan fingerprint density at radius 3 is 1.69 bits per heavy atom. The fourth-order valence-corrected chi connectivity index (χ4v) is 10.7. The van der Waals surface area contributed by atoms with Gasteiger partial charge < -0.3 is 9.47 Å². The molecule has 0 aliphatic rings. The van der Waals surface area contributed by atoms with Gasteiger partial charge in [-0.05, 0) is 81.6 Å². The molecule has 0 unspecified atom stereocenters. The van der Waals surface area contributed by atoms with Crippen molar-refractivity contribution in [2.75, 3.05) is 4.90 Å². The quantitative estimate of drug-likeness (QED) is 0.156. The molecule has 0 aliphatic heterocycles. The maximum Gasteiger partial charge on any atom is 0.0640 e. The molecule has 286 valence electrons. The van der Waals surface area contributed by atoms with E-state index in [-0.39, 0.29) is 0 Å². The van der Waals surface area contributed by atoms with Gasteiger partial charge in [-0.2, -0.15) is 0 Å². The highest BCUT2D eigenvalue weighted by Crippen LogP contribution is 2.49. The molecule has 0 fully saturated rings. The normalized spacial score (nSPS) is 11.6. The number of nitrogens with zero attached hydrogens (tertiary/aromatic N) is 2. The number of thiophene rings is 1. The molecular weight excluding hydrogens is 757 g/mol. The minimum atomic E-state index is 1.10. The molecule has 3 heteroatoms. The predicted molar refractivity (Wildman–Crippen MR) is 262 cm³/mol. The number of benzene rings is 10. The van der Waals surface area contributed by atoms with E-state index in [1.165, 1.54) is 75.0 Å². The molecule has 12 aromatic rings. The second-order valence-corrected chi connectivity index (χ2v) is 16.7. The molecular formula is C58H38N2S. The van der Waals surface area contributed by atoms with Gasteiger partial charge in [-0.1, -0.05) is 182 Å². The van der Waals surface area contributed by atoms with E-state index < -0.39 is 0 Å². The molecule has 0 bridgehead atoms. The molecule has 0 saturated heterocycles. The maximum atomic E-state index is 2.50. The summed E-state index contributed by atoms with van der Waals surface area (Å²) in [6, 6.07) is 84.2. The van der Waals surface area contributed by atoms with Crippen LogP contribution in [0.1, 0.15) is 0 Å². The van der Waals surface area contributed by atoms with E-state index in [1.807, 2.05) is 11.3 Å². The molecule has 2 aromatic heterocycles. The lowest BCUT2D eigenvalue weighted by molar-refractivity contribution is 1.18. The van der Waals surface area contributed by atoms with Gasteiger partial charge in [0.2, 0.25) is 0 Å². The van der Waals surface area contributed by atoms with Crippen LogP contribution in [0.25, 0.3) is 91.8 Å². The highest BCUT2D eigenvalue weighted by Gasteiger charge is 2.24. The van der Waals surface area contributed by atoms with Crippen LogP contribution in [-0.2, 0) is 0 Å². The van der Waals surface area contributed by atoms with Gasteiger partial charge in [-0.15, -0.1) is 11.3 Å². The molecule has 0 spiro atoms. The highest BCUT2D eigenvalue weighted by molar-refractivity contribution is 7.26. The van der Waals surface area contributed by atoms with Crippen LogP contribution in [0.15, 0.2) is 231 Å². The zero-order valence-electron chi connectivity index (χ0n) is 33.2. The third kappa shape index (κ3) is 5.78. The van der Waals surface area contributed by atoms with E-state index >= 15 is 0 Å². The zero-order valence-corrected chi connectivity index (χ0v) is 34.1. The molecule has 0 radical (unpaired) electrons. The van der Waals surface area contributed by atoms with Crippen molar-refractivity contribution in [1.29, 1.82) is 0 Å². The zero-order chi connectivity index (χ0) is 40.3. The van der Waals surface area contributed by atoms with Crippen molar-refractivity contribution in [2.45, 2.75) is 0 Å². The second kappa shape index (κ2) is 14.5. The van der Waals surface area contributed by atoms with Gasteiger partial charge in [0, 0.05) is 43.1 Å². The standard InChI is InChI=1S/C58H38N2S/c1-2-18-39(19-3-1)43-29-15-20-40-21-16-30-44(57(40)43)41-22-14-23-42(38-41)59(55-36-17-31-50-49-28-8-13-37-56(49)61-58(50)55)51-32-9-4-24-45(51)46-25-5-10-33-52(46)60-53-34-11-6-26-47(53)48-27-7-12-35-54(48)60/h1-38H. The minimum Gasteiger partial charge on any atom is -0.309 e. The van der Waals surface area contributed by atoms with Crippen molar-refractivity contribution in [3.8, 4) is 39.1 Å². The Bertz CT molecular complexity index is 3550. The van der Waals surface area contributed by atoms with Crippen molar-refractivity contribution in [1.82, 2.24) is 4.57 Å². The number of para-hydroxylation sites is 4. The van der Waals surface area contributed by atoms with E-state index in [2.05, 4.69) is 240 Å². The van der Waals surface area contributed by atoms with Crippen molar-refractivity contribution in [3.05, 3.63) is 231 Å². The Morgan fingerprint density at radius 2 is 0.902 bits per heavy atom. The fourth-order valence-electron chi connectivity index (χ4n) is 9.54. The average Bonchev–Trinajstić information content (AvgIpc) is 3.88. The number of hydrogen-bond donors (Lipinski definition) is 0. The molecule has 10 aromatic carbocycles. The maximum absolute atomic E-state index is 2.50. The lowest BCUT2D eigenvalue weighted by atomic mass is 9.91. The summed E-state index contributed by atoms with van der Waals surface area (Å²) in [6.07, 6.45) is 0. The first kappa shape index (κ1) is 35.2. The van der Waals surface area contributed by atoms with Gasteiger partial charge in [0.15, 0.2) is 0 Å². The first-order valence-electron chi connectivity index (χ1n) is 20.9. The molecule has 2 nitrogen and oxygen atoms in total. The van der Waals surface area contributed by atoms with Crippen LogP contribution in [0, 0.1) is 0 Å². The molecule has 2 heterocycles. The Hall–Kier alpha value is -7.72. The second-order valence-electron chi connectivity index (χ2n) is 15.6. The molecule has 0 saturated carbocycles. The van der Waals surface area contributed by atoms with Crippen molar-refractivity contribution >= 4 is 81.1 Å². The van der Waals surface area contributed by atoms with Crippen LogP contribution < -0.4 is 4.90 Å². The van der Waals surface area contributed by atoms with Gasteiger partial charge >= 0.3 is 0 Å². The summed E-state index contributed by atoms with van der Waals surface area (Å²) in [7, 11) is 0. The first-order chi connectivity index (χ1) is 30.3. The largest absolute Gasteiger partial charge is 0.309 e. The summed E-state index contributed by atoms with van der Waals surface area (Å²) >= 11 is 1.87. The van der Waals surface area contributed by atoms with Gasteiger partial charge in [0.1, 0.15) is 0 Å². The van der Waals surface area contributed by atoms with Crippen LogP contribution in [0.2, 0.25) is 0 Å². The summed E-state index contributed by atoms with van der Waals surface area (Å²) in [5.41, 5.74) is 14.0. The summed E-state index contributed by atoms with van der Waals surface area (Å²) in [5, 5.41) is 7.53. The van der Waals surface area contributed by atoms with Gasteiger partial charge in [-0.25, -0.2) is 0 Å². The summed E-state index contributed by atoms with van der Waals surface area (Å²) < 4.78 is 4.99.